The molecule has 0 aliphatic rings. The van der Waals surface area contributed by atoms with Gasteiger partial charge in [-0.05, 0) is 36.2 Å². The molecular formula is C24H29N7. The van der Waals surface area contributed by atoms with Crippen molar-refractivity contribution in [2.24, 2.45) is 0 Å². The molecule has 0 aliphatic heterocycles. The van der Waals surface area contributed by atoms with E-state index in [1.54, 1.807) is 16.9 Å². The van der Waals surface area contributed by atoms with Gasteiger partial charge in [-0.2, -0.15) is 15.3 Å². The second-order valence-corrected chi connectivity index (χ2v) is 6.30. The van der Waals surface area contributed by atoms with Crippen LogP contribution < -0.4 is 11.5 Å². The molecule has 4 aromatic rings. The average molecular weight is 416 g/mol. The van der Waals surface area contributed by atoms with Gasteiger partial charge in [-0.15, -0.1) is 0 Å². The highest BCUT2D eigenvalue weighted by Crippen LogP contribution is 2.30. The van der Waals surface area contributed by atoms with Crippen molar-refractivity contribution in [1.29, 1.82) is 5.26 Å². The summed E-state index contributed by atoms with van der Waals surface area (Å²) in [6.07, 6.45) is 1.74. The van der Waals surface area contributed by atoms with Crippen molar-refractivity contribution >= 4 is 22.7 Å². The van der Waals surface area contributed by atoms with Gasteiger partial charge >= 0.3 is 0 Å². The number of fused-ring (bicyclic) bond motifs is 1. The van der Waals surface area contributed by atoms with Crippen LogP contribution in [0.3, 0.4) is 0 Å². The van der Waals surface area contributed by atoms with E-state index in [2.05, 4.69) is 21.1 Å². The van der Waals surface area contributed by atoms with Gasteiger partial charge in [0.25, 0.3) is 0 Å². The summed E-state index contributed by atoms with van der Waals surface area (Å²) in [5.41, 5.74) is 17.1. The van der Waals surface area contributed by atoms with E-state index >= 15 is 0 Å². The fourth-order valence-electron chi connectivity index (χ4n) is 3.10. The summed E-state index contributed by atoms with van der Waals surface area (Å²) in [6.45, 7) is 10.4. The minimum absolute atomic E-state index is 0.165. The van der Waals surface area contributed by atoms with Crippen LogP contribution in [0, 0.1) is 18.3 Å². The van der Waals surface area contributed by atoms with Crippen LogP contribution in [0.2, 0.25) is 0 Å². The highest BCUT2D eigenvalue weighted by atomic mass is 15.3. The molecule has 0 spiro atoms. The Labute approximate surface area is 183 Å². The molecule has 0 bridgehead atoms. The second-order valence-electron chi connectivity index (χ2n) is 6.30. The third-order valence-electron chi connectivity index (χ3n) is 4.53. The first-order chi connectivity index (χ1) is 15.1. The number of anilines is 2. The molecule has 2 heterocycles. The van der Waals surface area contributed by atoms with E-state index in [1.165, 1.54) is 0 Å². The molecule has 0 atom stereocenters. The van der Waals surface area contributed by atoms with Gasteiger partial charge in [0, 0.05) is 11.3 Å². The summed E-state index contributed by atoms with van der Waals surface area (Å²) in [6, 6.07) is 15.4. The van der Waals surface area contributed by atoms with Crippen molar-refractivity contribution < 1.29 is 0 Å². The van der Waals surface area contributed by atoms with Crippen LogP contribution in [0.15, 0.2) is 48.7 Å². The zero-order valence-corrected chi connectivity index (χ0v) is 18.7. The molecule has 31 heavy (non-hydrogen) atoms. The van der Waals surface area contributed by atoms with Crippen molar-refractivity contribution in [3.05, 3.63) is 65.4 Å². The quantitative estimate of drug-likeness (QED) is 0.457. The van der Waals surface area contributed by atoms with Crippen LogP contribution in [0.1, 0.15) is 44.4 Å². The predicted octanol–water partition coefficient (Wildman–Crippen LogP) is 4.94. The van der Waals surface area contributed by atoms with Crippen LogP contribution in [-0.4, -0.2) is 19.7 Å². The Morgan fingerprint density at radius 1 is 0.968 bits per heavy atom. The molecule has 0 saturated carbocycles. The third kappa shape index (κ3) is 4.98. The van der Waals surface area contributed by atoms with Gasteiger partial charge in [0.1, 0.15) is 0 Å². The molecule has 160 valence electrons. The zero-order valence-electron chi connectivity index (χ0n) is 18.7. The van der Waals surface area contributed by atoms with E-state index in [1.807, 2.05) is 71.0 Å². The Bertz CT molecular complexity index is 1190. The van der Waals surface area contributed by atoms with E-state index in [4.69, 9.17) is 11.5 Å². The predicted molar refractivity (Wildman–Crippen MR) is 127 cm³/mol. The van der Waals surface area contributed by atoms with Crippen molar-refractivity contribution in [2.75, 3.05) is 11.5 Å². The summed E-state index contributed by atoms with van der Waals surface area (Å²) < 4.78 is 1.78. The molecule has 7 heteroatoms. The average Bonchev–Trinajstić information content (AvgIpc) is 3.20. The lowest BCUT2D eigenvalue weighted by atomic mass is 9.99. The monoisotopic (exact) mass is 415 g/mol. The molecule has 7 nitrogen and oxygen atoms in total. The summed E-state index contributed by atoms with van der Waals surface area (Å²) in [5, 5.41) is 14.6. The Morgan fingerprint density at radius 2 is 1.65 bits per heavy atom. The second kappa shape index (κ2) is 10.7. The summed E-state index contributed by atoms with van der Waals surface area (Å²) in [5.74, 6) is 0.165. The number of aromatic nitrogens is 4. The number of nitrogens with zero attached hydrogens (tertiary/aromatic N) is 5. The number of nitrogen functional groups attached to an aromatic ring is 2. The smallest absolute Gasteiger partial charge is 0.222 e. The van der Waals surface area contributed by atoms with E-state index in [9.17, 15) is 5.26 Å². The number of rotatable bonds is 3. The number of nitriles is 1. The molecule has 2 aromatic carbocycles. The first-order valence-electron chi connectivity index (χ1n) is 10.4. The minimum atomic E-state index is 0.165. The van der Waals surface area contributed by atoms with Gasteiger partial charge in [0.05, 0.1) is 35.5 Å². The van der Waals surface area contributed by atoms with Crippen LogP contribution in [0.4, 0.5) is 11.6 Å². The Balaban J connectivity index is 0.000000807. The Hall–Kier alpha value is -3.92. The van der Waals surface area contributed by atoms with Gasteiger partial charge in [0.2, 0.25) is 5.95 Å². The maximum Gasteiger partial charge on any atom is 0.222 e. The van der Waals surface area contributed by atoms with E-state index in [0.29, 0.717) is 29.1 Å². The molecule has 4 rings (SSSR count). The largest absolute Gasteiger partial charge is 0.399 e. The standard InChI is InChI=1S/C20H17N7.2C2H6/c1-12-14(9-21)3-2-4-16(12)18-17-10-24-27(19(17)26-20(23)25-18)11-13-5-7-15(22)8-6-13;2*1-2/h2-8,10H,11,22H2,1H3,(H2,23,25,26);2*1-2H3. The fraction of sp³-hybridized carbons (Fsp3) is 0.250. The number of hydrogen-bond donors (Lipinski definition) is 2. The highest BCUT2D eigenvalue weighted by Gasteiger charge is 2.16. The zero-order chi connectivity index (χ0) is 23.0. The first kappa shape index (κ1) is 23.4. The first-order valence-corrected chi connectivity index (χ1v) is 10.4. The molecule has 2 aromatic heterocycles. The molecule has 0 aliphatic carbocycles. The number of nitrogens with two attached hydrogens (primary N) is 2. The van der Waals surface area contributed by atoms with Gasteiger partial charge in [-0.3, -0.25) is 0 Å². The van der Waals surface area contributed by atoms with Crippen LogP contribution in [0.25, 0.3) is 22.3 Å². The Kier molecular flexibility index (Phi) is 8.09. The van der Waals surface area contributed by atoms with Crippen molar-refractivity contribution in [3.8, 4) is 17.3 Å². The molecule has 0 unspecified atom stereocenters. The fourth-order valence-corrected chi connectivity index (χ4v) is 3.10. The number of hydrogen-bond acceptors (Lipinski definition) is 6. The molecular weight excluding hydrogens is 386 g/mol. The van der Waals surface area contributed by atoms with Gasteiger partial charge < -0.3 is 11.5 Å². The summed E-state index contributed by atoms with van der Waals surface area (Å²) in [7, 11) is 0. The van der Waals surface area contributed by atoms with Crippen LogP contribution in [0.5, 0.6) is 0 Å². The normalized spacial score (nSPS) is 9.81. The molecule has 4 N–H and O–H groups in total. The highest BCUT2D eigenvalue weighted by molar-refractivity contribution is 5.92. The third-order valence-corrected chi connectivity index (χ3v) is 4.53. The van der Waals surface area contributed by atoms with Crippen molar-refractivity contribution in [3.63, 3.8) is 0 Å². The Morgan fingerprint density at radius 3 is 2.29 bits per heavy atom. The van der Waals surface area contributed by atoms with Crippen LogP contribution in [-0.2, 0) is 6.54 Å². The van der Waals surface area contributed by atoms with Gasteiger partial charge in [0.15, 0.2) is 5.65 Å². The van der Waals surface area contributed by atoms with Gasteiger partial charge in [-0.1, -0.05) is 52.0 Å². The maximum absolute atomic E-state index is 9.31. The minimum Gasteiger partial charge on any atom is -0.399 e. The SMILES string of the molecule is CC.CC.Cc1c(C#N)cccc1-c1nc(N)nc2c1cnn2Cc1ccc(N)cc1. The van der Waals surface area contributed by atoms with E-state index in [-0.39, 0.29) is 5.95 Å². The topological polar surface area (TPSA) is 119 Å². The molecule has 0 amide bonds. The lowest BCUT2D eigenvalue weighted by Crippen LogP contribution is -2.05. The van der Waals surface area contributed by atoms with Crippen LogP contribution >= 0.6 is 0 Å². The molecule has 0 radical (unpaired) electrons. The molecule has 0 saturated heterocycles. The van der Waals surface area contributed by atoms with Gasteiger partial charge in [-0.25, -0.2) is 9.67 Å². The lowest BCUT2D eigenvalue weighted by molar-refractivity contribution is 0.704. The number of benzene rings is 2. The lowest BCUT2D eigenvalue weighted by Gasteiger charge is -2.09. The van der Waals surface area contributed by atoms with E-state index < -0.39 is 0 Å². The summed E-state index contributed by atoms with van der Waals surface area (Å²) >= 11 is 0. The van der Waals surface area contributed by atoms with Crippen molar-refractivity contribution in [1.82, 2.24) is 19.7 Å². The molecule has 0 fully saturated rings. The van der Waals surface area contributed by atoms with Crippen molar-refractivity contribution in [2.45, 2.75) is 41.2 Å². The van der Waals surface area contributed by atoms with E-state index in [0.717, 1.165) is 22.1 Å². The maximum atomic E-state index is 9.31. The summed E-state index contributed by atoms with van der Waals surface area (Å²) in [4.78, 5) is 8.81.